The van der Waals surface area contributed by atoms with Gasteiger partial charge in [0.1, 0.15) is 0 Å². The normalized spacial score (nSPS) is 9.88. The lowest BCUT2D eigenvalue weighted by atomic mass is 10.1. The molecule has 0 saturated heterocycles. The van der Waals surface area contributed by atoms with Gasteiger partial charge in [-0.25, -0.2) is 19.4 Å². The topological polar surface area (TPSA) is 52.6 Å². The highest BCUT2D eigenvalue weighted by Gasteiger charge is 2.08. The van der Waals surface area contributed by atoms with E-state index in [0.717, 1.165) is 19.3 Å². The van der Waals surface area contributed by atoms with Crippen LogP contribution in [0.1, 0.15) is 65.2 Å². The number of unbranched alkanes of at least 4 members (excludes halogenated alkanes) is 4. The molecule has 94 valence electrons. The second-order valence-electron chi connectivity index (χ2n) is 3.82. The monoisotopic (exact) mass is 230 g/mol. The molecule has 0 rings (SSSR count). The van der Waals surface area contributed by atoms with Gasteiger partial charge in [0.25, 0.3) is 0 Å². The summed E-state index contributed by atoms with van der Waals surface area (Å²) in [7, 11) is 0. The van der Waals surface area contributed by atoms with Gasteiger partial charge in [-0.15, -0.1) is 0 Å². The summed E-state index contributed by atoms with van der Waals surface area (Å²) in [5.74, 6) is -0.942. The lowest BCUT2D eigenvalue weighted by Gasteiger charge is -2.02. The van der Waals surface area contributed by atoms with E-state index in [1.807, 2.05) is 6.92 Å². The molecule has 0 bridgehead atoms. The first kappa shape index (κ1) is 14.9. The van der Waals surface area contributed by atoms with Gasteiger partial charge in [-0.1, -0.05) is 39.5 Å². The SMILES string of the molecule is CCCCCCCC(=O)OOC(=O)CCC. The third-order valence-electron chi connectivity index (χ3n) is 2.17. The van der Waals surface area contributed by atoms with Gasteiger partial charge in [0.05, 0.1) is 6.42 Å². The molecule has 0 spiro atoms. The molecule has 0 fully saturated rings. The average Bonchev–Trinajstić information content (AvgIpc) is 2.26. The standard InChI is InChI=1S/C12H22O4/c1-3-5-6-7-8-10-12(14)16-15-11(13)9-4-2/h3-10H2,1-2H3. The maximum Gasteiger partial charge on any atom is 0.355 e. The molecule has 0 saturated carbocycles. The third kappa shape index (κ3) is 9.49. The molecule has 16 heavy (non-hydrogen) atoms. The van der Waals surface area contributed by atoms with Crippen LogP contribution >= 0.6 is 0 Å². The van der Waals surface area contributed by atoms with E-state index in [1.165, 1.54) is 12.8 Å². The zero-order valence-corrected chi connectivity index (χ0v) is 10.3. The van der Waals surface area contributed by atoms with Crippen LogP contribution in [0.2, 0.25) is 0 Å². The molecule has 0 aliphatic heterocycles. The van der Waals surface area contributed by atoms with E-state index in [9.17, 15) is 9.59 Å². The highest BCUT2D eigenvalue weighted by atomic mass is 17.2. The minimum atomic E-state index is -0.484. The van der Waals surface area contributed by atoms with Gasteiger partial charge in [-0.05, 0) is 12.8 Å². The summed E-state index contributed by atoms with van der Waals surface area (Å²) in [5, 5.41) is 0. The fraction of sp³-hybridized carbons (Fsp3) is 0.833. The van der Waals surface area contributed by atoms with Crippen LogP contribution in [-0.2, 0) is 19.4 Å². The zero-order chi connectivity index (χ0) is 12.2. The van der Waals surface area contributed by atoms with Gasteiger partial charge in [0.2, 0.25) is 0 Å². The summed E-state index contributed by atoms with van der Waals surface area (Å²) in [5.41, 5.74) is 0. The summed E-state index contributed by atoms with van der Waals surface area (Å²) in [4.78, 5) is 30.7. The smallest absolute Gasteiger partial charge is 0.247 e. The fourth-order valence-corrected chi connectivity index (χ4v) is 1.25. The van der Waals surface area contributed by atoms with Gasteiger partial charge in [-0.2, -0.15) is 0 Å². The highest BCUT2D eigenvalue weighted by molar-refractivity contribution is 5.72. The lowest BCUT2D eigenvalue weighted by molar-refractivity contribution is -0.259. The van der Waals surface area contributed by atoms with Crippen LogP contribution in [0.25, 0.3) is 0 Å². The summed E-state index contributed by atoms with van der Waals surface area (Å²) >= 11 is 0. The van der Waals surface area contributed by atoms with E-state index < -0.39 is 11.9 Å². The Hall–Kier alpha value is -1.06. The summed E-state index contributed by atoms with van der Waals surface area (Å²) < 4.78 is 0. The quantitative estimate of drug-likeness (QED) is 0.365. The zero-order valence-electron chi connectivity index (χ0n) is 10.3. The van der Waals surface area contributed by atoms with Crippen LogP contribution in [0.4, 0.5) is 0 Å². The van der Waals surface area contributed by atoms with E-state index in [2.05, 4.69) is 16.7 Å². The van der Waals surface area contributed by atoms with Crippen LogP contribution in [0.15, 0.2) is 0 Å². The molecular formula is C12H22O4. The van der Waals surface area contributed by atoms with Crippen LogP contribution in [0.5, 0.6) is 0 Å². The summed E-state index contributed by atoms with van der Waals surface area (Å²) in [6, 6.07) is 0. The Morgan fingerprint density at radius 1 is 0.750 bits per heavy atom. The molecule has 0 aromatic carbocycles. The molecular weight excluding hydrogens is 208 g/mol. The van der Waals surface area contributed by atoms with Crippen LogP contribution < -0.4 is 0 Å². The van der Waals surface area contributed by atoms with Crippen molar-refractivity contribution < 1.29 is 19.4 Å². The molecule has 0 heterocycles. The predicted octanol–water partition coefficient (Wildman–Crippen LogP) is 3.15. The van der Waals surface area contributed by atoms with E-state index in [-0.39, 0.29) is 6.42 Å². The Kier molecular flexibility index (Phi) is 9.76. The Morgan fingerprint density at radius 2 is 1.31 bits per heavy atom. The highest BCUT2D eigenvalue weighted by Crippen LogP contribution is 2.06. The Labute approximate surface area is 97.2 Å². The molecule has 0 radical (unpaired) electrons. The number of carbonyl (C=O) groups excluding carboxylic acids is 2. The van der Waals surface area contributed by atoms with E-state index in [4.69, 9.17) is 0 Å². The van der Waals surface area contributed by atoms with Gasteiger partial charge in [0.15, 0.2) is 0 Å². The molecule has 0 N–H and O–H groups in total. The predicted molar refractivity (Wildman–Crippen MR) is 60.5 cm³/mol. The average molecular weight is 230 g/mol. The first-order valence-electron chi connectivity index (χ1n) is 6.10. The molecule has 4 nitrogen and oxygen atoms in total. The number of hydrogen-bond acceptors (Lipinski definition) is 4. The van der Waals surface area contributed by atoms with Crippen LogP contribution in [0.3, 0.4) is 0 Å². The Morgan fingerprint density at radius 3 is 1.88 bits per heavy atom. The maximum absolute atomic E-state index is 11.1. The molecule has 0 unspecified atom stereocenters. The van der Waals surface area contributed by atoms with Crippen molar-refractivity contribution in [1.82, 2.24) is 0 Å². The Bertz CT molecular complexity index is 201. The van der Waals surface area contributed by atoms with E-state index in [0.29, 0.717) is 12.8 Å². The third-order valence-corrected chi connectivity index (χ3v) is 2.17. The molecule has 0 amide bonds. The summed E-state index contributed by atoms with van der Waals surface area (Å²) in [6.07, 6.45) is 6.62. The largest absolute Gasteiger partial charge is 0.355 e. The number of carbonyl (C=O) groups is 2. The Balaban J connectivity index is 3.34. The second-order valence-corrected chi connectivity index (χ2v) is 3.82. The van der Waals surface area contributed by atoms with E-state index >= 15 is 0 Å². The van der Waals surface area contributed by atoms with Crippen molar-refractivity contribution in [3.05, 3.63) is 0 Å². The van der Waals surface area contributed by atoms with E-state index in [1.54, 1.807) is 0 Å². The molecule has 0 aromatic heterocycles. The van der Waals surface area contributed by atoms with Crippen molar-refractivity contribution in [2.45, 2.75) is 65.2 Å². The van der Waals surface area contributed by atoms with Crippen molar-refractivity contribution in [1.29, 1.82) is 0 Å². The minimum absolute atomic E-state index is 0.282. The lowest BCUT2D eigenvalue weighted by Crippen LogP contribution is -2.10. The van der Waals surface area contributed by atoms with Crippen molar-refractivity contribution in [3.8, 4) is 0 Å². The van der Waals surface area contributed by atoms with Gasteiger partial charge < -0.3 is 0 Å². The van der Waals surface area contributed by atoms with Crippen molar-refractivity contribution in [2.75, 3.05) is 0 Å². The van der Waals surface area contributed by atoms with Crippen LogP contribution in [0, 0.1) is 0 Å². The van der Waals surface area contributed by atoms with Crippen LogP contribution in [-0.4, -0.2) is 11.9 Å². The number of rotatable bonds is 8. The van der Waals surface area contributed by atoms with Crippen molar-refractivity contribution in [3.63, 3.8) is 0 Å². The first-order valence-corrected chi connectivity index (χ1v) is 6.10. The second kappa shape index (κ2) is 10.5. The van der Waals surface area contributed by atoms with Crippen molar-refractivity contribution in [2.24, 2.45) is 0 Å². The first-order chi connectivity index (χ1) is 7.70. The fourth-order valence-electron chi connectivity index (χ4n) is 1.25. The minimum Gasteiger partial charge on any atom is -0.247 e. The molecule has 0 aliphatic rings. The van der Waals surface area contributed by atoms with Gasteiger partial charge in [0, 0.05) is 6.42 Å². The summed E-state index contributed by atoms with van der Waals surface area (Å²) in [6.45, 7) is 4.00. The van der Waals surface area contributed by atoms with Crippen molar-refractivity contribution >= 4 is 11.9 Å². The molecule has 0 atom stereocenters. The molecule has 0 aliphatic carbocycles. The maximum atomic E-state index is 11.1. The van der Waals surface area contributed by atoms with Gasteiger partial charge >= 0.3 is 11.9 Å². The van der Waals surface area contributed by atoms with Gasteiger partial charge in [-0.3, -0.25) is 0 Å². The molecule has 4 heteroatoms. The molecule has 0 aromatic rings. The number of hydrogen-bond donors (Lipinski definition) is 0.